The van der Waals surface area contributed by atoms with Crippen LogP contribution in [0.25, 0.3) is 0 Å². The Hall–Kier alpha value is -0.630. The molecule has 1 aromatic rings. The molecule has 2 aliphatic heterocycles. The summed E-state index contributed by atoms with van der Waals surface area (Å²) < 4.78 is 6.07. The Morgan fingerprint density at radius 1 is 1.36 bits per heavy atom. The largest absolute Gasteiger partial charge is 0.493 e. The van der Waals surface area contributed by atoms with E-state index in [1.54, 1.807) is 0 Å². The van der Waals surface area contributed by atoms with Crippen LogP contribution in [0.4, 0.5) is 0 Å². The van der Waals surface area contributed by atoms with Gasteiger partial charge in [0.25, 0.3) is 0 Å². The summed E-state index contributed by atoms with van der Waals surface area (Å²) in [6.45, 7) is 7.93. The molecule has 2 heterocycles. The summed E-state index contributed by atoms with van der Waals surface area (Å²) in [5.74, 6) is 3.73. The van der Waals surface area contributed by atoms with E-state index in [9.17, 15) is 0 Å². The maximum absolute atomic E-state index is 5.76. The molecule has 2 aliphatic rings. The van der Waals surface area contributed by atoms with Crippen LogP contribution in [0.15, 0.2) is 29.3 Å². The molecule has 0 aromatic heterocycles. The molecule has 2 unspecified atom stereocenters. The van der Waals surface area contributed by atoms with Crippen molar-refractivity contribution < 1.29 is 4.74 Å². The second-order valence-corrected chi connectivity index (χ2v) is 8.53. The van der Waals surface area contributed by atoms with Gasteiger partial charge in [-0.25, -0.2) is 0 Å². The van der Waals surface area contributed by atoms with Crippen molar-refractivity contribution in [1.29, 1.82) is 0 Å². The van der Waals surface area contributed by atoms with Gasteiger partial charge in [0.15, 0.2) is 5.96 Å². The Morgan fingerprint density at radius 2 is 2.20 bits per heavy atom. The fourth-order valence-electron chi connectivity index (χ4n) is 3.40. The minimum Gasteiger partial charge on any atom is -0.493 e. The number of thioether (sulfide) groups is 1. The number of aliphatic imine (C=N–C) groups is 1. The van der Waals surface area contributed by atoms with Crippen molar-refractivity contribution in [2.45, 2.75) is 43.8 Å². The molecule has 0 aliphatic carbocycles. The molecule has 0 radical (unpaired) electrons. The Balaban J connectivity index is 0.00000225. The smallest absolute Gasteiger partial charge is 0.191 e. The minimum absolute atomic E-state index is 0. The zero-order valence-electron chi connectivity index (χ0n) is 15.2. The lowest BCUT2D eigenvalue weighted by Gasteiger charge is -2.27. The molecule has 4 nitrogen and oxygen atoms in total. The average Bonchev–Trinajstić information content (AvgIpc) is 3.04. The lowest BCUT2D eigenvalue weighted by Crippen LogP contribution is -2.41. The van der Waals surface area contributed by atoms with E-state index in [4.69, 9.17) is 9.73 Å². The summed E-state index contributed by atoms with van der Waals surface area (Å²) in [6.07, 6.45) is 3.64. The highest BCUT2D eigenvalue weighted by Gasteiger charge is 2.29. The summed E-state index contributed by atoms with van der Waals surface area (Å²) >= 11 is 2.06. The number of nitrogens with one attached hydrogen (secondary N) is 2. The zero-order valence-corrected chi connectivity index (χ0v) is 18.4. The van der Waals surface area contributed by atoms with Gasteiger partial charge in [-0.3, -0.25) is 4.99 Å². The van der Waals surface area contributed by atoms with Gasteiger partial charge in [-0.2, -0.15) is 11.8 Å². The molecule has 25 heavy (non-hydrogen) atoms. The van der Waals surface area contributed by atoms with Gasteiger partial charge < -0.3 is 15.4 Å². The summed E-state index contributed by atoms with van der Waals surface area (Å²) in [7, 11) is 0. The molecule has 3 rings (SSSR count). The van der Waals surface area contributed by atoms with Gasteiger partial charge in [0.2, 0.25) is 0 Å². The molecule has 0 spiro atoms. The first-order chi connectivity index (χ1) is 11.7. The first-order valence-corrected chi connectivity index (χ1v) is 10.1. The number of ether oxygens (including phenoxy) is 1. The number of guanidine groups is 1. The van der Waals surface area contributed by atoms with Crippen LogP contribution in [-0.2, 0) is 0 Å². The fraction of sp³-hybridized carbons (Fsp3) is 0.632. The topological polar surface area (TPSA) is 45.7 Å². The fourth-order valence-corrected chi connectivity index (χ4v) is 4.62. The summed E-state index contributed by atoms with van der Waals surface area (Å²) in [4.78, 5) is 4.85. The number of rotatable bonds is 5. The van der Waals surface area contributed by atoms with E-state index >= 15 is 0 Å². The van der Waals surface area contributed by atoms with Crippen LogP contribution in [0.3, 0.4) is 0 Å². The molecular weight excluding hydrogens is 445 g/mol. The van der Waals surface area contributed by atoms with Crippen LogP contribution in [0.5, 0.6) is 5.75 Å². The molecule has 140 valence electrons. The summed E-state index contributed by atoms with van der Waals surface area (Å²) in [5, 5.41) is 6.93. The molecule has 0 bridgehead atoms. The number of fused-ring (bicyclic) bond motifs is 1. The highest BCUT2D eigenvalue weighted by Crippen LogP contribution is 2.37. The van der Waals surface area contributed by atoms with Crippen molar-refractivity contribution >= 4 is 41.7 Å². The number of benzene rings is 1. The van der Waals surface area contributed by atoms with Crippen molar-refractivity contribution in [3.05, 3.63) is 29.8 Å². The number of para-hydroxylation sites is 1. The number of hydrogen-bond acceptors (Lipinski definition) is 3. The monoisotopic (exact) mass is 475 g/mol. The average molecular weight is 475 g/mol. The first-order valence-electron chi connectivity index (χ1n) is 9.08. The Labute approximate surface area is 173 Å². The van der Waals surface area contributed by atoms with E-state index in [0.29, 0.717) is 10.7 Å². The van der Waals surface area contributed by atoms with Gasteiger partial charge in [-0.1, -0.05) is 18.2 Å². The highest BCUT2D eigenvalue weighted by molar-refractivity contribution is 14.0. The van der Waals surface area contributed by atoms with Crippen LogP contribution in [-0.4, -0.2) is 42.7 Å². The Bertz CT molecular complexity index is 576. The van der Waals surface area contributed by atoms with Crippen molar-refractivity contribution in [3.63, 3.8) is 0 Å². The van der Waals surface area contributed by atoms with Crippen molar-refractivity contribution in [2.75, 3.05) is 32.0 Å². The highest BCUT2D eigenvalue weighted by atomic mass is 127. The molecule has 1 fully saturated rings. The van der Waals surface area contributed by atoms with E-state index in [0.717, 1.165) is 44.4 Å². The van der Waals surface area contributed by atoms with Gasteiger partial charge in [0.1, 0.15) is 5.75 Å². The molecule has 2 N–H and O–H groups in total. The molecule has 6 heteroatoms. The van der Waals surface area contributed by atoms with Gasteiger partial charge in [0.05, 0.1) is 13.2 Å². The quantitative estimate of drug-likeness (QED) is 0.384. The standard InChI is InChI=1S/C19H29N3OS.HI/c1-3-20-18(22-14-19(2)10-6-12-24-19)21-13-15-9-11-23-17-8-5-4-7-16(15)17;/h4-5,7-8,15H,3,6,9-14H2,1-2H3,(H2,20,21,22);1H. The molecular formula is C19H30IN3OS. The molecule has 1 aromatic carbocycles. The maximum atomic E-state index is 5.76. The first kappa shape index (κ1) is 20.7. The number of hydrogen-bond donors (Lipinski definition) is 2. The number of nitrogens with zero attached hydrogens (tertiary/aromatic N) is 1. The predicted molar refractivity (Wildman–Crippen MR) is 119 cm³/mol. The van der Waals surface area contributed by atoms with Crippen LogP contribution in [0.2, 0.25) is 0 Å². The third-order valence-corrected chi connectivity index (χ3v) is 6.34. The zero-order chi connectivity index (χ0) is 16.8. The lowest BCUT2D eigenvalue weighted by atomic mass is 9.93. The van der Waals surface area contributed by atoms with Gasteiger partial charge in [-0.15, -0.1) is 24.0 Å². The van der Waals surface area contributed by atoms with Crippen LogP contribution < -0.4 is 15.4 Å². The summed E-state index contributed by atoms with van der Waals surface area (Å²) in [6, 6.07) is 8.39. The van der Waals surface area contributed by atoms with E-state index in [1.807, 2.05) is 6.07 Å². The van der Waals surface area contributed by atoms with E-state index in [2.05, 4.69) is 54.4 Å². The molecule has 2 atom stereocenters. The van der Waals surface area contributed by atoms with Crippen molar-refractivity contribution in [1.82, 2.24) is 10.6 Å². The van der Waals surface area contributed by atoms with Crippen molar-refractivity contribution in [2.24, 2.45) is 4.99 Å². The lowest BCUT2D eigenvalue weighted by molar-refractivity contribution is 0.267. The van der Waals surface area contributed by atoms with E-state index in [1.165, 1.54) is 24.2 Å². The minimum atomic E-state index is 0. The van der Waals surface area contributed by atoms with Gasteiger partial charge >= 0.3 is 0 Å². The molecule has 0 saturated carbocycles. The molecule has 0 amide bonds. The third kappa shape index (κ3) is 5.67. The second-order valence-electron chi connectivity index (χ2n) is 6.85. The van der Waals surface area contributed by atoms with Crippen LogP contribution >= 0.6 is 35.7 Å². The van der Waals surface area contributed by atoms with Crippen LogP contribution in [0, 0.1) is 0 Å². The maximum Gasteiger partial charge on any atom is 0.191 e. The second kappa shape index (κ2) is 9.90. The Kier molecular flexibility index (Phi) is 8.19. The normalized spacial score (nSPS) is 25.5. The van der Waals surface area contributed by atoms with E-state index < -0.39 is 0 Å². The SMILES string of the molecule is CCNC(=NCC1(C)CCCS1)NCC1CCOc2ccccc21.I. The predicted octanol–water partition coefficient (Wildman–Crippen LogP) is 4.01. The van der Waals surface area contributed by atoms with Crippen molar-refractivity contribution in [3.8, 4) is 5.75 Å². The number of halogens is 1. The molecule has 1 saturated heterocycles. The van der Waals surface area contributed by atoms with E-state index in [-0.39, 0.29) is 24.0 Å². The summed E-state index contributed by atoms with van der Waals surface area (Å²) in [5.41, 5.74) is 1.31. The van der Waals surface area contributed by atoms with Gasteiger partial charge in [0, 0.05) is 23.8 Å². The van der Waals surface area contributed by atoms with Gasteiger partial charge in [-0.05, 0) is 50.5 Å². The Morgan fingerprint density at radius 3 is 2.96 bits per heavy atom. The van der Waals surface area contributed by atoms with Crippen LogP contribution in [0.1, 0.15) is 44.6 Å². The third-order valence-electron chi connectivity index (χ3n) is 4.81.